The number of aliphatic hydroxyl groups excluding tert-OH is 1. The maximum atomic E-state index is 12.7. The van der Waals surface area contributed by atoms with E-state index in [2.05, 4.69) is 17.4 Å². The summed E-state index contributed by atoms with van der Waals surface area (Å²) in [6.45, 7) is 2.06. The molecule has 1 atom stereocenters. The molecule has 2 amide bonds. The first-order chi connectivity index (χ1) is 11.8. The summed E-state index contributed by atoms with van der Waals surface area (Å²) in [4.78, 5) is 14.5. The molecule has 2 aliphatic rings. The number of urea groups is 1. The van der Waals surface area contributed by atoms with Crippen LogP contribution in [0, 0.1) is 5.92 Å². The Morgan fingerprint density at radius 2 is 1.92 bits per heavy atom. The van der Waals surface area contributed by atoms with Crippen LogP contribution in [0.2, 0.25) is 0 Å². The summed E-state index contributed by atoms with van der Waals surface area (Å²) in [6, 6.07) is 10.5. The lowest BCUT2D eigenvalue weighted by molar-refractivity contribution is 0.0605. The number of aliphatic hydroxyl groups is 1. The van der Waals surface area contributed by atoms with Crippen molar-refractivity contribution in [1.82, 2.24) is 10.2 Å². The van der Waals surface area contributed by atoms with Gasteiger partial charge in [0.25, 0.3) is 0 Å². The van der Waals surface area contributed by atoms with Crippen LogP contribution in [-0.2, 0) is 4.74 Å². The SMILES string of the molecule is O=C(NC(CC1CCOCC1)c1ccccc1)N(CCO)C1CC1. The molecule has 1 heterocycles. The molecule has 0 spiro atoms. The van der Waals surface area contributed by atoms with E-state index >= 15 is 0 Å². The van der Waals surface area contributed by atoms with E-state index in [0.29, 0.717) is 18.5 Å². The van der Waals surface area contributed by atoms with Crippen LogP contribution >= 0.6 is 0 Å². The fourth-order valence-electron chi connectivity index (χ4n) is 3.45. The highest BCUT2D eigenvalue weighted by Gasteiger charge is 2.33. The minimum absolute atomic E-state index is 0.0138. The molecule has 1 aromatic carbocycles. The molecule has 1 aromatic rings. The number of nitrogens with zero attached hydrogens (tertiary/aromatic N) is 1. The first kappa shape index (κ1) is 17.2. The van der Waals surface area contributed by atoms with Gasteiger partial charge >= 0.3 is 6.03 Å². The monoisotopic (exact) mass is 332 g/mol. The van der Waals surface area contributed by atoms with Crippen LogP contribution in [-0.4, -0.2) is 48.4 Å². The minimum atomic E-state index is -0.0486. The number of carbonyl (C=O) groups excluding carboxylic acids is 1. The van der Waals surface area contributed by atoms with Gasteiger partial charge in [0, 0.05) is 25.8 Å². The maximum absolute atomic E-state index is 12.7. The van der Waals surface area contributed by atoms with Gasteiger partial charge in [0.1, 0.15) is 0 Å². The number of amides is 2. The van der Waals surface area contributed by atoms with Crippen molar-refractivity contribution in [3.63, 3.8) is 0 Å². The third-order valence-electron chi connectivity index (χ3n) is 5.00. The number of carbonyl (C=O) groups is 1. The van der Waals surface area contributed by atoms with E-state index in [9.17, 15) is 9.90 Å². The number of benzene rings is 1. The van der Waals surface area contributed by atoms with E-state index in [1.165, 1.54) is 0 Å². The average Bonchev–Trinajstić information content (AvgIpc) is 3.45. The molecule has 1 saturated heterocycles. The average molecular weight is 332 g/mol. The third-order valence-corrected chi connectivity index (χ3v) is 5.00. The van der Waals surface area contributed by atoms with Gasteiger partial charge in [-0.25, -0.2) is 4.79 Å². The molecule has 0 radical (unpaired) electrons. The Bertz CT molecular complexity index is 513. The normalized spacial score (nSPS) is 19.7. The molecule has 3 rings (SSSR count). The van der Waals surface area contributed by atoms with Crippen molar-refractivity contribution in [2.45, 2.75) is 44.2 Å². The molecule has 0 aromatic heterocycles. The minimum Gasteiger partial charge on any atom is -0.395 e. The molecule has 5 heteroatoms. The molecule has 1 unspecified atom stereocenters. The quantitative estimate of drug-likeness (QED) is 0.807. The molecule has 132 valence electrons. The van der Waals surface area contributed by atoms with E-state index in [4.69, 9.17) is 4.74 Å². The second kappa shape index (κ2) is 8.49. The van der Waals surface area contributed by atoms with Crippen LogP contribution in [0.1, 0.15) is 43.7 Å². The van der Waals surface area contributed by atoms with Gasteiger partial charge in [0.05, 0.1) is 12.6 Å². The van der Waals surface area contributed by atoms with Gasteiger partial charge in [0.15, 0.2) is 0 Å². The summed E-state index contributed by atoms with van der Waals surface area (Å²) in [5, 5.41) is 12.5. The van der Waals surface area contributed by atoms with Crippen molar-refractivity contribution in [2.75, 3.05) is 26.4 Å². The smallest absolute Gasteiger partial charge is 0.318 e. The fraction of sp³-hybridized carbons (Fsp3) is 0.632. The summed E-state index contributed by atoms with van der Waals surface area (Å²) in [5.41, 5.74) is 1.15. The first-order valence-corrected chi connectivity index (χ1v) is 9.08. The van der Waals surface area contributed by atoms with Gasteiger partial charge in [-0.15, -0.1) is 0 Å². The standard InChI is InChI=1S/C19H28N2O3/c22-11-10-21(17-6-7-17)19(23)20-18(16-4-2-1-3-5-16)14-15-8-12-24-13-9-15/h1-5,15,17-18,22H,6-14H2,(H,20,23). The van der Waals surface area contributed by atoms with Gasteiger partial charge in [-0.3, -0.25) is 0 Å². The van der Waals surface area contributed by atoms with E-state index in [0.717, 1.165) is 50.9 Å². The maximum Gasteiger partial charge on any atom is 0.318 e. The zero-order chi connectivity index (χ0) is 16.8. The van der Waals surface area contributed by atoms with Crippen LogP contribution in [0.15, 0.2) is 30.3 Å². The van der Waals surface area contributed by atoms with Crippen molar-refractivity contribution in [2.24, 2.45) is 5.92 Å². The number of nitrogens with one attached hydrogen (secondary N) is 1. The summed E-state index contributed by atoms with van der Waals surface area (Å²) in [7, 11) is 0. The Morgan fingerprint density at radius 1 is 1.21 bits per heavy atom. The molecule has 1 aliphatic carbocycles. The Morgan fingerprint density at radius 3 is 2.54 bits per heavy atom. The van der Waals surface area contributed by atoms with E-state index < -0.39 is 0 Å². The molecule has 5 nitrogen and oxygen atoms in total. The summed E-state index contributed by atoms with van der Waals surface area (Å²) in [6.07, 6.45) is 5.15. The van der Waals surface area contributed by atoms with Gasteiger partial charge < -0.3 is 20.1 Å². The molecular formula is C19H28N2O3. The molecule has 2 N–H and O–H groups in total. The van der Waals surface area contributed by atoms with Gasteiger partial charge in [-0.1, -0.05) is 30.3 Å². The highest BCUT2D eigenvalue weighted by atomic mass is 16.5. The Hall–Kier alpha value is -1.59. The molecule has 1 aliphatic heterocycles. The van der Waals surface area contributed by atoms with Gasteiger partial charge in [-0.05, 0) is 43.6 Å². The summed E-state index contributed by atoms with van der Waals surface area (Å²) >= 11 is 0. The van der Waals surface area contributed by atoms with Gasteiger partial charge in [0.2, 0.25) is 0 Å². The summed E-state index contributed by atoms with van der Waals surface area (Å²) in [5.74, 6) is 0.580. The molecule has 1 saturated carbocycles. The highest BCUT2D eigenvalue weighted by molar-refractivity contribution is 5.75. The fourth-order valence-corrected chi connectivity index (χ4v) is 3.45. The van der Waals surface area contributed by atoms with Gasteiger partial charge in [-0.2, -0.15) is 0 Å². The largest absolute Gasteiger partial charge is 0.395 e. The van der Waals surface area contributed by atoms with Crippen molar-refractivity contribution in [1.29, 1.82) is 0 Å². The van der Waals surface area contributed by atoms with Crippen molar-refractivity contribution in [3.05, 3.63) is 35.9 Å². The topological polar surface area (TPSA) is 61.8 Å². The predicted molar refractivity (Wildman–Crippen MR) is 92.7 cm³/mol. The van der Waals surface area contributed by atoms with Crippen LogP contribution in [0.3, 0.4) is 0 Å². The molecule has 0 bridgehead atoms. The zero-order valence-electron chi connectivity index (χ0n) is 14.2. The predicted octanol–water partition coefficient (Wildman–Crippen LogP) is 2.71. The molecule has 2 fully saturated rings. The van der Waals surface area contributed by atoms with E-state index in [1.807, 2.05) is 18.2 Å². The highest BCUT2D eigenvalue weighted by Crippen LogP contribution is 2.30. The lowest BCUT2D eigenvalue weighted by Gasteiger charge is -2.30. The Kier molecular flexibility index (Phi) is 6.10. The van der Waals surface area contributed by atoms with E-state index in [1.54, 1.807) is 4.90 Å². The zero-order valence-corrected chi connectivity index (χ0v) is 14.2. The number of hydrogen-bond acceptors (Lipinski definition) is 3. The van der Waals surface area contributed by atoms with E-state index in [-0.39, 0.29) is 18.7 Å². The molecular weight excluding hydrogens is 304 g/mol. The van der Waals surface area contributed by atoms with Crippen LogP contribution < -0.4 is 5.32 Å². The van der Waals surface area contributed by atoms with Crippen molar-refractivity contribution >= 4 is 6.03 Å². The Labute approximate surface area is 144 Å². The lowest BCUT2D eigenvalue weighted by atomic mass is 9.89. The number of hydrogen-bond donors (Lipinski definition) is 2. The van der Waals surface area contributed by atoms with Crippen molar-refractivity contribution < 1.29 is 14.6 Å². The molecule has 24 heavy (non-hydrogen) atoms. The van der Waals surface area contributed by atoms with Crippen LogP contribution in [0.5, 0.6) is 0 Å². The summed E-state index contributed by atoms with van der Waals surface area (Å²) < 4.78 is 5.45. The number of ether oxygens (including phenoxy) is 1. The second-order valence-electron chi connectivity index (χ2n) is 6.85. The van der Waals surface area contributed by atoms with Crippen LogP contribution in [0.4, 0.5) is 4.79 Å². The Balaban J connectivity index is 1.67. The number of rotatable bonds is 7. The van der Waals surface area contributed by atoms with Crippen LogP contribution in [0.25, 0.3) is 0 Å². The first-order valence-electron chi connectivity index (χ1n) is 9.08. The second-order valence-corrected chi connectivity index (χ2v) is 6.85. The lowest BCUT2D eigenvalue weighted by Crippen LogP contribution is -2.44. The van der Waals surface area contributed by atoms with Crippen molar-refractivity contribution in [3.8, 4) is 0 Å². The third kappa shape index (κ3) is 4.71.